The molecular weight excluding hydrogens is 272 g/mol. The lowest BCUT2D eigenvalue weighted by atomic mass is 10.1. The van der Waals surface area contributed by atoms with Gasteiger partial charge in [-0.15, -0.1) is 0 Å². The Morgan fingerprint density at radius 1 is 1.29 bits per heavy atom. The van der Waals surface area contributed by atoms with Crippen LogP contribution in [0.2, 0.25) is 0 Å². The van der Waals surface area contributed by atoms with Crippen molar-refractivity contribution in [3.8, 4) is 17.6 Å². The monoisotopic (exact) mass is 284 g/mol. The molecule has 0 aliphatic heterocycles. The lowest BCUT2D eigenvalue weighted by Crippen LogP contribution is -1.97. The van der Waals surface area contributed by atoms with Crippen molar-refractivity contribution in [2.24, 2.45) is 0 Å². The summed E-state index contributed by atoms with van der Waals surface area (Å²) in [4.78, 5) is 10.4. The maximum absolute atomic E-state index is 11.1. The van der Waals surface area contributed by atoms with E-state index in [2.05, 4.69) is 0 Å². The Labute approximate surface area is 121 Å². The highest BCUT2D eigenvalue weighted by Crippen LogP contribution is 2.33. The fourth-order valence-electron chi connectivity index (χ4n) is 1.87. The molecule has 0 amide bonds. The molecule has 21 heavy (non-hydrogen) atoms. The van der Waals surface area contributed by atoms with Crippen LogP contribution in [0.25, 0.3) is 0 Å². The standard InChI is InChI=1S/C15H12N2O4/c1-10-2-4-14(12(6-10)9-18)21-15-5-3-11(8-16)7-13(15)17(19)20/h2-7,18H,9H2,1H3. The smallest absolute Gasteiger partial charge is 0.312 e. The maximum Gasteiger partial charge on any atom is 0.312 e. The normalized spacial score (nSPS) is 9.95. The van der Waals surface area contributed by atoms with Crippen LogP contribution in [0.3, 0.4) is 0 Å². The molecular formula is C15H12N2O4. The fraction of sp³-hybridized carbons (Fsp3) is 0.133. The van der Waals surface area contributed by atoms with Gasteiger partial charge in [0.15, 0.2) is 0 Å². The second kappa shape index (κ2) is 6.03. The Morgan fingerprint density at radius 3 is 2.62 bits per heavy atom. The minimum absolute atomic E-state index is 0.0255. The summed E-state index contributed by atoms with van der Waals surface area (Å²) in [6.07, 6.45) is 0. The summed E-state index contributed by atoms with van der Waals surface area (Å²) in [6, 6.07) is 11.0. The molecule has 0 heterocycles. The Morgan fingerprint density at radius 2 is 2.00 bits per heavy atom. The van der Waals surface area contributed by atoms with E-state index in [1.165, 1.54) is 12.1 Å². The first kappa shape index (κ1) is 14.5. The third-order valence-electron chi connectivity index (χ3n) is 2.89. The minimum atomic E-state index is -0.608. The summed E-state index contributed by atoms with van der Waals surface area (Å²) in [6.45, 7) is 1.63. The zero-order valence-corrected chi connectivity index (χ0v) is 11.2. The number of nitriles is 1. The van der Waals surface area contributed by atoms with Gasteiger partial charge < -0.3 is 9.84 Å². The average molecular weight is 284 g/mol. The number of hydrogen-bond donors (Lipinski definition) is 1. The van der Waals surface area contributed by atoms with Gasteiger partial charge in [0, 0.05) is 11.6 Å². The Balaban J connectivity index is 2.45. The van der Waals surface area contributed by atoms with E-state index in [0.29, 0.717) is 11.3 Å². The molecule has 0 saturated carbocycles. The maximum atomic E-state index is 11.1. The van der Waals surface area contributed by atoms with Gasteiger partial charge in [-0.2, -0.15) is 5.26 Å². The van der Waals surface area contributed by atoms with E-state index in [1.54, 1.807) is 18.2 Å². The second-order valence-corrected chi connectivity index (χ2v) is 4.42. The SMILES string of the molecule is Cc1ccc(Oc2ccc(C#N)cc2[N+](=O)[O-])c(CO)c1. The van der Waals surface area contributed by atoms with Gasteiger partial charge >= 0.3 is 5.69 Å². The summed E-state index contributed by atoms with van der Waals surface area (Å²) in [5, 5.41) is 29.2. The highest BCUT2D eigenvalue weighted by molar-refractivity contribution is 5.54. The van der Waals surface area contributed by atoms with Gasteiger partial charge in [0.1, 0.15) is 5.75 Å². The van der Waals surface area contributed by atoms with Crippen molar-refractivity contribution in [2.45, 2.75) is 13.5 Å². The van der Waals surface area contributed by atoms with Crippen LogP contribution in [0.5, 0.6) is 11.5 Å². The van der Waals surface area contributed by atoms with Gasteiger partial charge in [0.05, 0.1) is 23.2 Å². The number of aliphatic hydroxyl groups excluding tert-OH is 1. The first-order valence-corrected chi connectivity index (χ1v) is 6.12. The van der Waals surface area contributed by atoms with Crippen molar-refractivity contribution in [1.82, 2.24) is 0 Å². The van der Waals surface area contributed by atoms with Gasteiger partial charge in [-0.05, 0) is 25.1 Å². The predicted molar refractivity (Wildman–Crippen MR) is 75.0 cm³/mol. The number of hydrogen-bond acceptors (Lipinski definition) is 5. The van der Waals surface area contributed by atoms with Crippen molar-refractivity contribution >= 4 is 5.69 Å². The summed E-state index contributed by atoms with van der Waals surface area (Å²) < 4.78 is 5.54. The lowest BCUT2D eigenvalue weighted by Gasteiger charge is -2.10. The van der Waals surface area contributed by atoms with Gasteiger partial charge in [-0.1, -0.05) is 17.7 Å². The van der Waals surface area contributed by atoms with Crippen LogP contribution >= 0.6 is 0 Å². The van der Waals surface area contributed by atoms with Crippen molar-refractivity contribution in [3.63, 3.8) is 0 Å². The first-order chi connectivity index (χ1) is 10.0. The Bertz CT molecular complexity index is 735. The molecule has 0 atom stereocenters. The quantitative estimate of drug-likeness (QED) is 0.687. The molecule has 0 spiro atoms. The van der Waals surface area contributed by atoms with Crippen LogP contribution < -0.4 is 4.74 Å². The molecule has 0 radical (unpaired) electrons. The summed E-state index contributed by atoms with van der Waals surface area (Å²) in [7, 11) is 0. The van der Waals surface area contributed by atoms with E-state index in [9.17, 15) is 15.2 Å². The number of nitro benzene ring substituents is 1. The van der Waals surface area contributed by atoms with Crippen LogP contribution in [0, 0.1) is 28.4 Å². The zero-order chi connectivity index (χ0) is 15.4. The first-order valence-electron chi connectivity index (χ1n) is 6.12. The lowest BCUT2D eigenvalue weighted by molar-refractivity contribution is -0.385. The van der Waals surface area contributed by atoms with Crippen LogP contribution in [0.4, 0.5) is 5.69 Å². The largest absolute Gasteiger partial charge is 0.450 e. The summed E-state index contributed by atoms with van der Waals surface area (Å²) in [5.41, 5.74) is 1.37. The number of ether oxygens (including phenoxy) is 1. The third kappa shape index (κ3) is 3.16. The molecule has 0 fully saturated rings. The number of nitrogens with zero attached hydrogens (tertiary/aromatic N) is 2. The number of aryl methyl sites for hydroxylation is 1. The van der Waals surface area contributed by atoms with E-state index >= 15 is 0 Å². The fourth-order valence-corrected chi connectivity index (χ4v) is 1.87. The molecule has 0 aliphatic rings. The molecule has 1 N–H and O–H groups in total. The molecule has 0 aliphatic carbocycles. The number of benzene rings is 2. The van der Waals surface area contributed by atoms with E-state index in [-0.39, 0.29) is 23.6 Å². The number of nitro groups is 1. The van der Waals surface area contributed by atoms with Gasteiger partial charge in [-0.25, -0.2) is 0 Å². The summed E-state index contributed by atoms with van der Waals surface area (Å²) >= 11 is 0. The zero-order valence-electron chi connectivity index (χ0n) is 11.2. The number of rotatable bonds is 4. The molecule has 6 heteroatoms. The molecule has 0 bridgehead atoms. The molecule has 6 nitrogen and oxygen atoms in total. The van der Waals surface area contributed by atoms with Crippen molar-refractivity contribution in [2.75, 3.05) is 0 Å². The second-order valence-electron chi connectivity index (χ2n) is 4.42. The third-order valence-corrected chi connectivity index (χ3v) is 2.89. The number of aliphatic hydroxyl groups is 1. The van der Waals surface area contributed by atoms with Gasteiger partial charge in [-0.3, -0.25) is 10.1 Å². The highest BCUT2D eigenvalue weighted by atomic mass is 16.6. The van der Waals surface area contributed by atoms with Crippen molar-refractivity contribution in [3.05, 3.63) is 63.2 Å². The van der Waals surface area contributed by atoms with E-state index in [4.69, 9.17) is 10.00 Å². The van der Waals surface area contributed by atoms with Crippen molar-refractivity contribution < 1.29 is 14.8 Å². The minimum Gasteiger partial charge on any atom is -0.450 e. The topological polar surface area (TPSA) is 96.4 Å². The molecule has 2 aromatic carbocycles. The van der Waals surface area contributed by atoms with Crippen LogP contribution in [-0.4, -0.2) is 10.0 Å². The van der Waals surface area contributed by atoms with Crippen LogP contribution in [-0.2, 0) is 6.61 Å². The molecule has 2 rings (SSSR count). The van der Waals surface area contributed by atoms with E-state index in [1.807, 2.05) is 13.0 Å². The van der Waals surface area contributed by atoms with E-state index in [0.717, 1.165) is 11.6 Å². The average Bonchev–Trinajstić information content (AvgIpc) is 2.49. The Kier molecular flexibility index (Phi) is 4.16. The Hall–Kier alpha value is -2.91. The molecule has 0 saturated heterocycles. The predicted octanol–water partition coefficient (Wildman–Crippen LogP) is 3.06. The van der Waals surface area contributed by atoms with Crippen LogP contribution in [0.1, 0.15) is 16.7 Å². The molecule has 106 valence electrons. The molecule has 0 unspecified atom stereocenters. The van der Waals surface area contributed by atoms with Crippen LogP contribution in [0.15, 0.2) is 36.4 Å². The summed E-state index contributed by atoms with van der Waals surface area (Å²) in [5.74, 6) is 0.369. The highest BCUT2D eigenvalue weighted by Gasteiger charge is 2.18. The molecule has 0 aromatic heterocycles. The molecule has 2 aromatic rings. The van der Waals surface area contributed by atoms with Gasteiger partial charge in [0.25, 0.3) is 0 Å². The van der Waals surface area contributed by atoms with Gasteiger partial charge in [0.2, 0.25) is 5.75 Å². The van der Waals surface area contributed by atoms with E-state index < -0.39 is 4.92 Å². The van der Waals surface area contributed by atoms with Crippen molar-refractivity contribution in [1.29, 1.82) is 5.26 Å².